The van der Waals surface area contributed by atoms with Gasteiger partial charge in [-0.1, -0.05) is 0 Å². The zero-order valence-corrected chi connectivity index (χ0v) is 9.96. The molecule has 0 bridgehead atoms. The fourth-order valence-electron chi connectivity index (χ4n) is 1.41. The third-order valence-electron chi connectivity index (χ3n) is 2.12. The molecule has 0 aromatic rings. The van der Waals surface area contributed by atoms with Crippen LogP contribution in [0.15, 0.2) is 0 Å². The van der Waals surface area contributed by atoms with Crippen LogP contribution in [0.2, 0.25) is 0 Å². The summed E-state index contributed by atoms with van der Waals surface area (Å²) in [6.07, 6.45) is 2.21. The number of piperidine rings is 1. The number of rotatable bonds is 4. The summed E-state index contributed by atoms with van der Waals surface area (Å²) in [7, 11) is -3.99. The monoisotopic (exact) mass is 252 g/mol. The molecule has 0 saturated carbocycles. The van der Waals surface area contributed by atoms with Gasteiger partial charge in [-0.15, -0.1) is 0 Å². The van der Waals surface area contributed by atoms with Crippen LogP contribution in [-0.4, -0.2) is 39.1 Å². The molecule has 1 aliphatic rings. The van der Waals surface area contributed by atoms with E-state index in [1.54, 1.807) is 4.89 Å². The van der Waals surface area contributed by atoms with E-state index in [0.29, 0.717) is 13.1 Å². The lowest BCUT2D eigenvalue weighted by Gasteiger charge is -2.25. The Kier molecular flexibility index (Phi) is 4.97. The SMILES string of the molecule is CCOS(=O)(=O)NOC(=O)N1CCCCC1. The lowest BCUT2D eigenvalue weighted by molar-refractivity contribution is 0.0725. The van der Waals surface area contributed by atoms with Crippen LogP contribution in [0.25, 0.3) is 0 Å². The second kappa shape index (κ2) is 6.02. The molecule has 1 amide bonds. The first-order chi connectivity index (χ1) is 7.55. The molecule has 1 N–H and O–H groups in total. The molecular formula is C8H16N2O5S. The maximum absolute atomic E-state index is 11.4. The third-order valence-corrected chi connectivity index (χ3v) is 2.95. The molecule has 7 nitrogen and oxygen atoms in total. The predicted molar refractivity (Wildman–Crippen MR) is 55.6 cm³/mol. The van der Waals surface area contributed by atoms with Gasteiger partial charge >= 0.3 is 16.4 Å². The average molecular weight is 252 g/mol. The van der Waals surface area contributed by atoms with Gasteiger partial charge in [0.05, 0.1) is 6.61 Å². The summed E-state index contributed by atoms with van der Waals surface area (Å²) >= 11 is 0. The minimum absolute atomic E-state index is 0.0173. The lowest BCUT2D eigenvalue weighted by atomic mass is 10.1. The molecular weight excluding hydrogens is 236 g/mol. The third kappa shape index (κ3) is 4.33. The van der Waals surface area contributed by atoms with Crippen molar-refractivity contribution in [3.63, 3.8) is 0 Å². The highest BCUT2D eigenvalue weighted by Gasteiger charge is 2.20. The van der Waals surface area contributed by atoms with E-state index in [1.165, 1.54) is 11.8 Å². The van der Waals surface area contributed by atoms with E-state index < -0.39 is 16.4 Å². The van der Waals surface area contributed by atoms with Crippen LogP contribution in [0.4, 0.5) is 4.79 Å². The van der Waals surface area contributed by atoms with Crippen molar-refractivity contribution in [3.8, 4) is 0 Å². The molecule has 8 heteroatoms. The highest BCUT2D eigenvalue weighted by molar-refractivity contribution is 7.84. The molecule has 1 fully saturated rings. The molecule has 0 aromatic heterocycles. The summed E-state index contributed by atoms with van der Waals surface area (Å²) in [4.78, 5) is 18.9. The Morgan fingerprint density at radius 2 is 1.94 bits per heavy atom. The maximum Gasteiger partial charge on any atom is 0.429 e. The Hall–Kier alpha value is -0.860. The van der Waals surface area contributed by atoms with Crippen molar-refractivity contribution in [2.24, 2.45) is 0 Å². The Balaban J connectivity index is 2.34. The largest absolute Gasteiger partial charge is 0.429 e. The van der Waals surface area contributed by atoms with Crippen molar-refractivity contribution in [1.29, 1.82) is 0 Å². The number of carbonyl (C=O) groups excluding carboxylic acids is 1. The van der Waals surface area contributed by atoms with E-state index in [4.69, 9.17) is 0 Å². The minimum atomic E-state index is -3.99. The number of nitrogens with one attached hydrogen (secondary N) is 1. The van der Waals surface area contributed by atoms with Gasteiger partial charge in [0.25, 0.3) is 0 Å². The molecule has 0 unspecified atom stereocenters. The van der Waals surface area contributed by atoms with Crippen LogP contribution in [0.3, 0.4) is 0 Å². The topological polar surface area (TPSA) is 84.9 Å². The van der Waals surface area contributed by atoms with Gasteiger partial charge in [0.2, 0.25) is 0 Å². The highest BCUT2D eigenvalue weighted by Crippen LogP contribution is 2.09. The number of hydrogen-bond donors (Lipinski definition) is 1. The van der Waals surface area contributed by atoms with Crippen molar-refractivity contribution < 1.29 is 22.2 Å². The first-order valence-electron chi connectivity index (χ1n) is 5.17. The van der Waals surface area contributed by atoms with Crippen LogP contribution in [-0.2, 0) is 19.3 Å². The number of nitrogens with zero attached hydrogens (tertiary/aromatic N) is 1. The molecule has 1 heterocycles. The predicted octanol–water partition coefficient (Wildman–Crippen LogP) is 0.395. The summed E-state index contributed by atoms with van der Waals surface area (Å²) in [6, 6.07) is 0. The van der Waals surface area contributed by atoms with Gasteiger partial charge in [0.1, 0.15) is 0 Å². The number of carbonyl (C=O) groups is 1. The molecule has 0 aromatic carbocycles. The van der Waals surface area contributed by atoms with Gasteiger partial charge in [-0.05, 0) is 31.1 Å². The first kappa shape index (κ1) is 13.2. The molecule has 0 aliphatic carbocycles. The molecule has 16 heavy (non-hydrogen) atoms. The number of likely N-dealkylation sites (tertiary alicyclic amines) is 1. The van der Waals surface area contributed by atoms with Crippen LogP contribution in [0.1, 0.15) is 26.2 Å². The molecule has 0 atom stereocenters. The second-order valence-corrected chi connectivity index (χ2v) is 4.67. The Labute approximate surface area is 94.9 Å². The van der Waals surface area contributed by atoms with Crippen LogP contribution < -0.4 is 4.89 Å². The van der Waals surface area contributed by atoms with Crippen molar-refractivity contribution >= 4 is 16.4 Å². The summed E-state index contributed by atoms with van der Waals surface area (Å²) in [5, 5.41) is 0. The van der Waals surface area contributed by atoms with Crippen molar-refractivity contribution in [2.75, 3.05) is 19.7 Å². The fraction of sp³-hybridized carbons (Fsp3) is 0.875. The van der Waals surface area contributed by atoms with Gasteiger partial charge in [0.15, 0.2) is 0 Å². The van der Waals surface area contributed by atoms with E-state index in [1.807, 2.05) is 0 Å². The summed E-state index contributed by atoms with van der Waals surface area (Å²) < 4.78 is 26.3. The molecule has 94 valence electrons. The Bertz CT molecular complexity index is 323. The molecule has 0 radical (unpaired) electrons. The molecule has 1 saturated heterocycles. The Morgan fingerprint density at radius 1 is 1.31 bits per heavy atom. The molecule has 0 spiro atoms. The van der Waals surface area contributed by atoms with Gasteiger partial charge in [-0.2, -0.15) is 8.42 Å². The zero-order chi connectivity index (χ0) is 12.0. The minimum Gasteiger partial charge on any atom is -0.336 e. The van der Waals surface area contributed by atoms with E-state index in [2.05, 4.69) is 9.02 Å². The van der Waals surface area contributed by atoms with Crippen molar-refractivity contribution in [1.82, 2.24) is 9.79 Å². The number of hydrogen-bond acceptors (Lipinski definition) is 5. The zero-order valence-electron chi connectivity index (χ0n) is 9.14. The standard InChI is InChI=1S/C8H16N2O5S/c1-2-14-16(12,13)9-15-8(11)10-6-4-3-5-7-10/h9H,2-7H2,1H3. The van der Waals surface area contributed by atoms with Gasteiger partial charge < -0.3 is 9.74 Å². The second-order valence-electron chi connectivity index (χ2n) is 3.36. The van der Waals surface area contributed by atoms with Gasteiger partial charge in [-0.3, -0.25) is 4.18 Å². The lowest BCUT2D eigenvalue weighted by Crippen LogP contribution is -2.40. The maximum atomic E-state index is 11.4. The Morgan fingerprint density at radius 3 is 2.50 bits per heavy atom. The van der Waals surface area contributed by atoms with Crippen LogP contribution >= 0.6 is 0 Å². The summed E-state index contributed by atoms with van der Waals surface area (Å²) in [5.41, 5.74) is 0. The normalized spacial score (nSPS) is 17.2. The highest BCUT2D eigenvalue weighted by atomic mass is 32.2. The molecule has 1 rings (SSSR count). The van der Waals surface area contributed by atoms with Crippen molar-refractivity contribution in [3.05, 3.63) is 0 Å². The van der Waals surface area contributed by atoms with E-state index in [0.717, 1.165) is 19.3 Å². The van der Waals surface area contributed by atoms with E-state index >= 15 is 0 Å². The first-order valence-corrected chi connectivity index (χ1v) is 6.58. The fourth-order valence-corrected chi connectivity index (χ4v) is 1.94. The van der Waals surface area contributed by atoms with Gasteiger partial charge in [0, 0.05) is 13.1 Å². The van der Waals surface area contributed by atoms with E-state index in [-0.39, 0.29) is 6.61 Å². The van der Waals surface area contributed by atoms with E-state index in [9.17, 15) is 13.2 Å². The van der Waals surface area contributed by atoms with Crippen LogP contribution in [0.5, 0.6) is 0 Å². The smallest absolute Gasteiger partial charge is 0.336 e. The van der Waals surface area contributed by atoms with Gasteiger partial charge in [-0.25, -0.2) is 4.79 Å². The average Bonchev–Trinajstić information content (AvgIpc) is 2.27. The van der Waals surface area contributed by atoms with Crippen LogP contribution in [0, 0.1) is 0 Å². The number of amides is 1. The quantitative estimate of drug-likeness (QED) is 0.732. The summed E-state index contributed by atoms with van der Waals surface area (Å²) in [6.45, 7) is 2.69. The molecule has 1 aliphatic heterocycles. The summed E-state index contributed by atoms with van der Waals surface area (Å²) in [5.74, 6) is 0. The van der Waals surface area contributed by atoms with Crippen molar-refractivity contribution in [2.45, 2.75) is 26.2 Å².